The quantitative estimate of drug-likeness (QED) is 0.705. The van der Waals surface area contributed by atoms with Crippen molar-refractivity contribution in [2.75, 3.05) is 6.61 Å². The molecule has 0 spiro atoms. The molecule has 0 saturated heterocycles. The van der Waals surface area contributed by atoms with Gasteiger partial charge in [-0.2, -0.15) is 5.10 Å². The Balaban J connectivity index is 2.22. The topological polar surface area (TPSA) is 50.1 Å². The number of benzene rings is 1. The third-order valence-corrected chi connectivity index (χ3v) is 4.09. The first-order chi connectivity index (χ1) is 10.1. The summed E-state index contributed by atoms with van der Waals surface area (Å²) in [6.45, 7) is 5.03. The SMILES string of the molecule is CC(C)NC(CO)(CCn1cc(I)cn1)c1ccccc1. The lowest BCUT2D eigenvalue weighted by molar-refractivity contribution is 0.135. The summed E-state index contributed by atoms with van der Waals surface area (Å²) in [7, 11) is 0. The van der Waals surface area contributed by atoms with Crippen LogP contribution in [0.1, 0.15) is 25.8 Å². The molecule has 1 heterocycles. The lowest BCUT2D eigenvalue weighted by Crippen LogP contribution is -2.49. The maximum atomic E-state index is 10.1. The minimum absolute atomic E-state index is 0.0630. The van der Waals surface area contributed by atoms with E-state index >= 15 is 0 Å². The second-order valence-corrected chi connectivity index (χ2v) is 6.82. The summed E-state index contributed by atoms with van der Waals surface area (Å²) < 4.78 is 3.05. The fourth-order valence-electron chi connectivity index (χ4n) is 2.59. The van der Waals surface area contributed by atoms with E-state index in [1.165, 1.54) is 0 Å². The number of nitrogens with one attached hydrogen (secondary N) is 1. The number of aliphatic hydroxyl groups is 1. The Bertz CT molecular complexity index is 556. The Kier molecular flexibility index (Phi) is 5.78. The first-order valence-corrected chi connectivity index (χ1v) is 8.26. The molecule has 2 aromatic rings. The highest BCUT2D eigenvalue weighted by Gasteiger charge is 2.31. The van der Waals surface area contributed by atoms with E-state index in [0.717, 1.165) is 22.1 Å². The van der Waals surface area contributed by atoms with Crippen LogP contribution in [0.2, 0.25) is 0 Å². The molecule has 1 aromatic heterocycles. The largest absolute Gasteiger partial charge is 0.394 e. The van der Waals surface area contributed by atoms with Gasteiger partial charge in [-0.15, -0.1) is 0 Å². The van der Waals surface area contributed by atoms with Crippen molar-refractivity contribution < 1.29 is 5.11 Å². The second-order valence-electron chi connectivity index (χ2n) is 5.58. The predicted molar refractivity (Wildman–Crippen MR) is 93.0 cm³/mol. The minimum Gasteiger partial charge on any atom is -0.394 e. The molecule has 1 atom stereocenters. The van der Waals surface area contributed by atoms with Gasteiger partial charge in [0.2, 0.25) is 0 Å². The van der Waals surface area contributed by atoms with Crippen molar-refractivity contribution in [3.63, 3.8) is 0 Å². The third kappa shape index (κ3) is 4.28. The van der Waals surface area contributed by atoms with Crippen LogP contribution in [-0.2, 0) is 12.1 Å². The summed E-state index contributed by atoms with van der Waals surface area (Å²) in [6.07, 6.45) is 4.64. The van der Waals surface area contributed by atoms with Crippen LogP contribution < -0.4 is 5.32 Å². The van der Waals surface area contributed by atoms with Gasteiger partial charge in [0.1, 0.15) is 0 Å². The molecule has 1 aromatic carbocycles. The molecule has 2 N–H and O–H groups in total. The number of hydrogen-bond donors (Lipinski definition) is 2. The summed E-state index contributed by atoms with van der Waals surface area (Å²) in [5, 5.41) is 17.9. The van der Waals surface area contributed by atoms with Crippen molar-refractivity contribution in [1.82, 2.24) is 15.1 Å². The van der Waals surface area contributed by atoms with Crippen molar-refractivity contribution >= 4 is 22.6 Å². The average Bonchev–Trinajstić information content (AvgIpc) is 2.90. The Morgan fingerprint density at radius 2 is 2.05 bits per heavy atom. The first-order valence-electron chi connectivity index (χ1n) is 7.18. The molecule has 21 heavy (non-hydrogen) atoms. The van der Waals surface area contributed by atoms with Crippen molar-refractivity contribution in [3.8, 4) is 0 Å². The number of halogens is 1. The van der Waals surface area contributed by atoms with Gasteiger partial charge in [-0.3, -0.25) is 4.68 Å². The molecule has 0 radical (unpaired) electrons. The number of rotatable bonds is 7. The van der Waals surface area contributed by atoms with Crippen LogP contribution in [0, 0.1) is 3.57 Å². The van der Waals surface area contributed by atoms with E-state index in [2.05, 4.69) is 59.0 Å². The summed E-state index contributed by atoms with van der Waals surface area (Å²) >= 11 is 2.25. The van der Waals surface area contributed by atoms with Crippen LogP contribution in [0.5, 0.6) is 0 Å². The monoisotopic (exact) mass is 399 g/mol. The van der Waals surface area contributed by atoms with Gasteiger partial charge < -0.3 is 10.4 Å². The highest BCUT2D eigenvalue weighted by atomic mass is 127. The van der Waals surface area contributed by atoms with Crippen LogP contribution in [0.3, 0.4) is 0 Å². The van der Waals surface area contributed by atoms with E-state index in [9.17, 15) is 5.11 Å². The van der Waals surface area contributed by atoms with Crippen molar-refractivity contribution in [3.05, 3.63) is 51.9 Å². The summed E-state index contributed by atoms with van der Waals surface area (Å²) in [5.74, 6) is 0. The molecule has 4 nitrogen and oxygen atoms in total. The molecule has 0 bridgehead atoms. The fourth-order valence-corrected chi connectivity index (χ4v) is 3.04. The van der Waals surface area contributed by atoms with E-state index in [4.69, 9.17) is 0 Å². The number of nitrogens with zero attached hydrogens (tertiary/aromatic N) is 2. The molecule has 0 aliphatic carbocycles. The van der Waals surface area contributed by atoms with Crippen LogP contribution in [0.4, 0.5) is 0 Å². The Hall–Kier alpha value is -0.920. The lowest BCUT2D eigenvalue weighted by Gasteiger charge is -2.36. The molecule has 2 rings (SSSR count). The number of aliphatic hydroxyl groups excluding tert-OH is 1. The molecule has 0 aliphatic rings. The van der Waals surface area contributed by atoms with Crippen LogP contribution in [0.15, 0.2) is 42.7 Å². The van der Waals surface area contributed by atoms with Gasteiger partial charge >= 0.3 is 0 Å². The standard InChI is InChI=1S/C16H22IN3O/c1-13(2)19-16(12-21,14-6-4-3-5-7-14)8-9-20-11-15(17)10-18-20/h3-7,10-11,13,19,21H,8-9,12H2,1-2H3. The Labute approximate surface area is 139 Å². The van der Waals surface area contributed by atoms with E-state index in [1.807, 2.05) is 35.3 Å². The third-order valence-electron chi connectivity index (χ3n) is 3.53. The van der Waals surface area contributed by atoms with Gasteiger partial charge in [0, 0.05) is 18.8 Å². The summed E-state index contributed by atoms with van der Waals surface area (Å²) in [4.78, 5) is 0. The molecule has 5 heteroatoms. The van der Waals surface area contributed by atoms with E-state index in [1.54, 1.807) is 0 Å². The molecular weight excluding hydrogens is 377 g/mol. The molecule has 0 amide bonds. The highest BCUT2D eigenvalue weighted by Crippen LogP contribution is 2.26. The molecule has 0 saturated carbocycles. The van der Waals surface area contributed by atoms with Crippen LogP contribution in [-0.4, -0.2) is 27.5 Å². The second kappa shape index (κ2) is 7.38. The zero-order valence-corrected chi connectivity index (χ0v) is 14.6. The van der Waals surface area contributed by atoms with E-state index < -0.39 is 5.54 Å². The van der Waals surface area contributed by atoms with Crippen molar-refractivity contribution in [2.24, 2.45) is 0 Å². The number of hydrogen-bond acceptors (Lipinski definition) is 3. The maximum Gasteiger partial charge on any atom is 0.0688 e. The first kappa shape index (κ1) is 16.5. The zero-order valence-electron chi connectivity index (χ0n) is 12.5. The van der Waals surface area contributed by atoms with Gasteiger partial charge in [0.05, 0.1) is 21.9 Å². The summed E-state index contributed by atoms with van der Waals surface area (Å²) in [5.41, 5.74) is 0.676. The highest BCUT2D eigenvalue weighted by molar-refractivity contribution is 14.1. The molecule has 0 aliphatic heterocycles. The molecular formula is C16H22IN3O. The van der Waals surface area contributed by atoms with E-state index in [0.29, 0.717) is 0 Å². The summed E-state index contributed by atoms with van der Waals surface area (Å²) in [6, 6.07) is 10.4. The fraction of sp³-hybridized carbons (Fsp3) is 0.438. The normalized spacial score (nSPS) is 14.3. The zero-order chi connectivity index (χ0) is 15.3. The van der Waals surface area contributed by atoms with Crippen molar-refractivity contribution in [1.29, 1.82) is 0 Å². The predicted octanol–water partition coefficient (Wildman–Crippen LogP) is 2.76. The van der Waals surface area contributed by atoms with Crippen LogP contribution >= 0.6 is 22.6 Å². The molecule has 0 fully saturated rings. The lowest BCUT2D eigenvalue weighted by atomic mass is 9.86. The Morgan fingerprint density at radius 1 is 1.33 bits per heavy atom. The smallest absolute Gasteiger partial charge is 0.0688 e. The average molecular weight is 399 g/mol. The number of aryl methyl sites for hydroxylation is 1. The number of aromatic nitrogens is 2. The van der Waals surface area contributed by atoms with Gasteiger partial charge in [-0.25, -0.2) is 0 Å². The van der Waals surface area contributed by atoms with Gasteiger partial charge in [0.15, 0.2) is 0 Å². The van der Waals surface area contributed by atoms with Crippen molar-refractivity contribution in [2.45, 2.75) is 38.4 Å². The van der Waals surface area contributed by atoms with Crippen LogP contribution in [0.25, 0.3) is 0 Å². The van der Waals surface area contributed by atoms with Gasteiger partial charge in [-0.05, 0) is 48.4 Å². The molecule has 1 unspecified atom stereocenters. The van der Waals surface area contributed by atoms with Gasteiger partial charge in [0.25, 0.3) is 0 Å². The minimum atomic E-state index is -0.438. The molecule has 114 valence electrons. The van der Waals surface area contributed by atoms with Gasteiger partial charge in [-0.1, -0.05) is 30.3 Å². The van der Waals surface area contributed by atoms with E-state index in [-0.39, 0.29) is 12.6 Å². The maximum absolute atomic E-state index is 10.1. The Morgan fingerprint density at radius 3 is 2.57 bits per heavy atom.